The number of ether oxygens (including phenoxy) is 2. The van der Waals surface area contributed by atoms with Crippen LogP contribution in [0.15, 0.2) is 30.5 Å². The lowest BCUT2D eigenvalue weighted by Gasteiger charge is -2.60. The van der Waals surface area contributed by atoms with Gasteiger partial charge in [0.15, 0.2) is 23.1 Å². The molecule has 0 amide bonds. The predicted octanol–water partition coefficient (Wildman–Crippen LogP) is 0.451. The van der Waals surface area contributed by atoms with Crippen molar-refractivity contribution >= 4 is 13.7 Å². The van der Waals surface area contributed by atoms with Gasteiger partial charge in [-0.25, -0.2) is 14.4 Å². The highest BCUT2D eigenvalue weighted by atomic mass is 31.2. The van der Waals surface area contributed by atoms with Crippen molar-refractivity contribution in [2.75, 3.05) is 13.1 Å². The lowest BCUT2D eigenvalue weighted by atomic mass is 9.52. The second-order valence-corrected chi connectivity index (χ2v) is 15.0. The first-order chi connectivity index (χ1) is 19.0. The van der Waals surface area contributed by atoms with E-state index in [2.05, 4.69) is 16.7 Å². The molecule has 3 saturated heterocycles. The molecule has 11 atom stereocenters. The van der Waals surface area contributed by atoms with E-state index in [1.807, 2.05) is 0 Å². The molecule has 0 radical (unpaired) electrons. The van der Waals surface area contributed by atoms with Crippen LogP contribution in [0, 0.1) is 16.7 Å². The summed E-state index contributed by atoms with van der Waals surface area (Å²) < 4.78 is 39.7. The van der Waals surface area contributed by atoms with E-state index in [0.29, 0.717) is 5.57 Å². The number of carbonyl (C=O) groups is 1. The number of nitrogens with one attached hydrogen (secondary N) is 2. The highest BCUT2D eigenvalue weighted by Gasteiger charge is 3.12. The van der Waals surface area contributed by atoms with Crippen LogP contribution in [-0.2, 0) is 23.1 Å². The molecule has 3 aliphatic heterocycles. The van der Waals surface area contributed by atoms with Crippen LogP contribution in [0.25, 0.3) is 0 Å². The monoisotopic (exact) mass is 595 g/mol. The van der Waals surface area contributed by atoms with Gasteiger partial charge in [-0.1, -0.05) is 27.4 Å². The summed E-state index contributed by atoms with van der Waals surface area (Å²) in [5.74, 6) is -3.92. The van der Waals surface area contributed by atoms with Crippen LogP contribution in [0.3, 0.4) is 0 Å². The summed E-state index contributed by atoms with van der Waals surface area (Å²) in [6, 6.07) is 3.07. The Kier molecular flexibility index (Phi) is 5.17. The average Bonchev–Trinajstić information content (AvgIpc) is 3.53. The molecular weight excluding hydrogens is 557 g/mol. The maximum Gasteiger partial charge on any atom is 0.407 e. The lowest BCUT2D eigenvalue weighted by Crippen LogP contribution is -2.77. The average molecular weight is 596 g/mol. The van der Waals surface area contributed by atoms with E-state index in [9.17, 15) is 29.8 Å². The number of H-pyrrole nitrogens is 1. The zero-order valence-electron chi connectivity index (χ0n) is 23.5. The van der Waals surface area contributed by atoms with Crippen molar-refractivity contribution in [2.45, 2.75) is 93.0 Å². The summed E-state index contributed by atoms with van der Waals surface area (Å²) in [7, 11) is -4.41. The minimum absolute atomic E-state index is 0.00104. The smallest absolute Gasteiger partial charge is 0.407 e. The fourth-order valence-corrected chi connectivity index (χ4v) is 12.2. The highest BCUT2D eigenvalue weighted by molar-refractivity contribution is 7.51. The molecule has 226 valence electrons. The predicted molar refractivity (Wildman–Crippen MR) is 141 cm³/mol. The molecule has 2 spiro atoms. The van der Waals surface area contributed by atoms with Crippen LogP contribution >= 0.6 is 7.75 Å². The van der Waals surface area contributed by atoms with Crippen molar-refractivity contribution in [1.82, 2.24) is 10.1 Å². The van der Waals surface area contributed by atoms with E-state index < -0.39 is 76.5 Å². The fraction of sp³-hybridized carbons (Fsp3) is 0.741. The molecule has 4 aliphatic carbocycles. The van der Waals surface area contributed by atoms with Crippen molar-refractivity contribution in [3.05, 3.63) is 36.2 Å². The van der Waals surface area contributed by atoms with Gasteiger partial charge < -0.3 is 40.6 Å². The van der Waals surface area contributed by atoms with Gasteiger partial charge >= 0.3 is 13.7 Å². The van der Waals surface area contributed by atoms with E-state index in [4.69, 9.17) is 24.3 Å². The molecular formula is C27H38N3O10P. The molecule has 8 rings (SSSR count). The summed E-state index contributed by atoms with van der Waals surface area (Å²) in [6.07, 6.45) is -1.68. The zero-order valence-corrected chi connectivity index (χ0v) is 24.4. The van der Waals surface area contributed by atoms with E-state index >= 15 is 0 Å². The van der Waals surface area contributed by atoms with Crippen molar-refractivity contribution < 1.29 is 48.3 Å². The fourth-order valence-electron chi connectivity index (χ4n) is 10.2. The van der Waals surface area contributed by atoms with Gasteiger partial charge in [-0.05, 0) is 43.4 Å². The molecule has 7 aliphatic rings. The molecule has 13 nitrogen and oxygen atoms in total. The van der Waals surface area contributed by atoms with Gasteiger partial charge in [0, 0.05) is 31.1 Å². The second kappa shape index (κ2) is 7.52. The van der Waals surface area contributed by atoms with Gasteiger partial charge in [0.05, 0.1) is 5.41 Å². The highest BCUT2D eigenvalue weighted by Crippen LogP contribution is 2.94. The number of hydrogen-bond acceptors (Lipinski definition) is 11. The van der Waals surface area contributed by atoms with Crippen LogP contribution in [-0.4, -0.2) is 90.5 Å². The van der Waals surface area contributed by atoms with Crippen molar-refractivity contribution in [3.8, 4) is 0 Å². The Bertz CT molecular complexity index is 1420. The molecule has 4 heterocycles. The number of hydrogen-bond donors (Lipinski definition) is 7. The van der Waals surface area contributed by atoms with Crippen molar-refractivity contribution in [3.63, 3.8) is 0 Å². The molecule has 4 saturated carbocycles. The lowest BCUT2D eigenvalue weighted by molar-refractivity contribution is -0.381. The maximum atomic E-state index is 14.5. The Hall–Kier alpha value is -1.64. The Morgan fingerprint density at radius 3 is 2.63 bits per heavy atom. The normalized spacial score (nSPS) is 56.0. The molecule has 7 fully saturated rings. The molecule has 8 N–H and O–H groups in total. The maximum absolute atomic E-state index is 14.5. The number of aromatic nitrogens is 1. The molecule has 14 heteroatoms. The standard InChI is InChI=1S/C27H38N3O10P/c1-14(2)24(34)19(37-18(31)16-7-6-11-29-16)25(35)20(4)13-23(33)21(24,5)27(25)26(39-23)17(15(3)8-9-22(20,26)32)38-41(36,40-27)30-12-10-28/h6-7,11,14,17,19,29,32-35H,3,8-10,12-13,28H2,1-2,4-5H3,(H,30,36)/t17-,19-,20+,21-,22+,23+,24-,25-,26-,27-,41-/m1/s1. The van der Waals surface area contributed by atoms with Crippen LogP contribution < -0.4 is 10.8 Å². The second-order valence-electron chi connectivity index (χ2n) is 13.3. The minimum atomic E-state index is -4.41. The van der Waals surface area contributed by atoms with Gasteiger partial charge in [-0.3, -0.25) is 9.05 Å². The quantitative estimate of drug-likeness (QED) is 0.136. The van der Waals surface area contributed by atoms with Gasteiger partial charge in [-0.15, -0.1) is 0 Å². The molecule has 1 aromatic heterocycles. The topological polar surface area (TPSA) is 206 Å². The number of rotatable bonds is 6. The number of esters is 1. The molecule has 0 unspecified atom stereocenters. The number of carbonyl (C=O) groups excluding carboxylic acids is 1. The molecule has 6 bridgehead atoms. The summed E-state index contributed by atoms with van der Waals surface area (Å²) in [4.78, 5) is 16.3. The SMILES string of the molecule is C=C1CC[C@]2(O)[C@]3(C)C[C@]4(O)O[C@]25[C@@H]1O[P@](=O)(NCCN)O[C@]51[C@@]3(O)[C@H](OC(=O)c2ccc[nH]2)[C@](O)(C(C)C)[C@]14C. The van der Waals surface area contributed by atoms with Crippen LogP contribution in [0.1, 0.15) is 57.4 Å². The Labute approximate surface area is 237 Å². The third-order valence-corrected chi connectivity index (χ3v) is 13.5. The number of aromatic amines is 1. The van der Waals surface area contributed by atoms with Gasteiger partial charge in [0.1, 0.15) is 28.6 Å². The summed E-state index contributed by atoms with van der Waals surface area (Å²) in [5, 5.41) is 54.4. The van der Waals surface area contributed by atoms with E-state index in [1.165, 1.54) is 19.2 Å². The third-order valence-electron chi connectivity index (χ3n) is 11.8. The minimum Gasteiger partial charge on any atom is -0.451 e. The number of nitrogens with two attached hydrogens (primary N) is 1. The van der Waals surface area contributed by atoms with Gasteiger partial charge in [0.25, 0.3) is 0 Å². The summed E-state index contributed by atoms with van der Waals surface area (Å²) in [6.45, 7) is 10.6. The van der Waals surface area contributed by atoms with E-state index in [-0.39, 0.29) is 38.0 Å². The van der Waals surface area contributed by atoms with Gasteiger partial charge in [-0.2, -0.15) is 0 Å². The van der Waals surface area contributed by atoms with Crippen LogP contribution in [0.2, 0.25) is 0 Å². The van der Waals surface area contributed by atoms with Gasteiger partial charge in [0.2, 0.25) is 0 Å². The zero-order chi connectivity index (χ0) is 29.9. The first-order valence-electron chi connectivity index (χ1n) is 14.0. The van der Waals surface area contributed by atoms with Crippen molar-refractivity contribution in [2.24, 2.45) is 22.5 Å². The third kappa shape index (κ3) is 2.34. The summed E-state index contributed by atoms with van der Waals surface area (Å²) >= 11 is 0. The van der Waals surface area contributed by atoms with Crippen LogP contribution in [0.4, 0.5) is 0 Å². The molecule has 1 aromatic rings. The Balaban J connectivity index is 1.59. The largest absolute Gasteiger partial charge is 0.451 e. The first kappa shape index (κ1) is 28.1. The molecule has 41 heavy (non-hydrogen) atoms. The Morgan fingerprint density at radius 2 is 2.02 bits per heavy atom. The first-order valence-corrected chi connectivity index (χ1v) is 15.6. The number of aliphatic hydroxyl groups is 4. The van der Waals surface area contributed by atoms with Crippen LogP contribution in [0.5, 0.6) is 0 Å². The van der Waals surface area contributed by atoms with E-state index in [1.54, 1.807) is 26.8 Å². The van der Waals surface area contributed by atoms with Crippen molar-refractivity contribution in [1.29, 1.82) is 0 Å². The Morgan fingerprint density at radius 1 is 1.32 bits per heavy atom. The summed E-state index contributed by atoms with van der Waals surface area (Å²) in [5.41, 5.74) is -8.66. The van der Waals surface area contributed by atoms with E-state index in [0.717, 1.165) is 0 Å². The molecule has 0 aromatic carbocycles.